The average Bonchev–Trinajstić information content (AvgIpc) is 3.74. The molecule has 0 amide bonds. The van der Waals surface area contributed by atoms with E-state index in [0.29, 0.717) is 5.69 Å². The maximum Gasteiger partial charge on any atom is 0.211 e. The summed E-state index contributed by atoms with van der Waals surface area (Å²) in [5.74, 6) is 0. The summed E-state index contributed by atoms with van der Waals surface area (Å²) < 4.78 is 4.73. The molecular weight excluding hydrogens is 595 g/mol. The molecule has 3 heteroatoms. The van der Waals surface area contributed by atoms with Crippen LogP contribution in [0, 0.1) is 6.57 Å². The molecule has 0 saturated heterocycles. The van der Waals surface area contributed by atoms with Gasteiger partial charge in [0.1, 0.15) is 0 Å². The fourth-order valence-electron chi connectivity index (χ4n) is 8.65. The van der Waals surface area contributed by atoms with Crippen molar-refractivity contribution in [3.05, 3.63) is 174 Å². The highest BCUT2D eigenvalue weighted by Crippen LogP contribution is 2.53. The molecule has 0 saturated carbocycles. The molecular formula is C46H31N3. The van der Waals surface area contributed by atoms with E-state index in [1.165, 1.54) is 54.8 Å². The van der Waals surface area contributed by atoms with Crippen LogP contribution in [0.2, 0.25) is 0 Å². The SMILES string of the molecule is [C-]#[N+]c1cccc(-c2ccccc2-n2c3ccccc3c3c4c(ccc32)C(C)(C)c2ccccc2-4)c1-n1c2ccccc2c2ccccc21. The van der Waals surface area contributed by atoms with Crippen LogP contribution in [0.1, 0.15) is 25.0 Å². The van der Waals surface area contributed by atoms with Crippen LogP contribution in [-0.4, -0.2) is 9.13 Å². The van der Waals surface area contributed by atoms with E-state index in [1.807, 2.05) is 12.1 Å². The zero-order valence-corrected chi connectivity index (χ0v) is 27.3. The Morgan fingerprint density at radius 3 is 1.76 bits per heavy atom. The minimum atomic E-state index is -0.0847. The third-order valence-electron chi connectivity index (χ3n) is 10.8. The summed E-state index contributed by atoms with van der Waals surface area (Å²) >= 11 is 0. The Hall–Kier alpha value is -6.37. The monoisotopic (exact) mass is 625 g/mol. The Bertz CT molecular complexity index is 2820. The van der Waals surface area contributed by atoms with Crippen LogP contribution in [0.4, 0.5) is 5.69 Å². The summed E-state index contributed by atoms with van der Waals surface area (Å²) in [5, 5.41) is 4.89. The van der Waals surface area contributed by atoms with Gasteiger partial charge in [-0.3, -0.25) is 0 Å². The molecule has 0 atom stereocenters. The van der Waals surface area contributed by atoms with E-state index in [-0.39, 0.29) is 5.41 Å². The zero-order chi connectivity index (χ0) is 32.9. The first-order valence-electron chi connectivity index (χ1n) is 16.8. The van der Waals surface area contributed by atoms with E-state index < -0.39 is 0 Å². The molecule has 10 rings (SSSR count). The van der Waals surface area contributed by atoms with Gasteiger partial charge < -0.3 is 9.13 Å². The van der Waals surface area contributed by atoms with E-state index >= 15 is 0 Å². The van der Waals surface area contributed by atoms with Crippen LogP contribution in [0.5, 0.6) is 0 Å². The lowest BCUT2D eigenvalue weighted by Gasteiger charge is -2.21. The molecule has 3 nitrogen and oxygen atoms in total. The summed E-state index contributed by atoms with van der Waals surface area (Å²) in [6, 6.07) is 54.3. The second-order valence-corrected chi connectivity index (χ2v) is 13.6. The van der Waals surface area contributed by atoms with E-state index in [0.717, 1.165) is 33.5 Å². The molecule has 230 valence electrons. The van der Waals surface area contributed by atoms with Crippen LogP contribution in [0.15, 0.2) is 152 Å². The van der Waals surface area contributed by atoms with Gasteiger partial charge in [0.25, 0.3) is 0 Å². The average molecular weight is 626 g/mol. The highest BCUT2D eigenvalue weighted by Gasteiger charge is 2.37. The fourth-order valence-corrected chi connectivity index (χ4v) is 8.65. The lowest BCUT2D eigenvalue weighted by Crippen LogP contribution is -2.14. The molecule has 1 aliphatic carbocycles. The van der Waals surface area contributed by atoms with Crippen molar-refractivity contribution in [2.24, 2.45) is 0 Å². The summed E-state index contributed by atoms with van der Waals surface area (Å²) in [5.41, 5.74) is 14.6. The molecule has 2 aromatic heterocycles. The van der Waals surface area contributed by atoms with Crippen molar-refractivity contribution >= 4 is 49.3 Å². The minimum Gasteiger partial charge on any atom is -0.318 e. The van der Waals surface area contributed by atoms with Gasteiger partial charge in [0.05, 0.1) is 40.0 Å². The predicted molar refractivity (Wildman–Crippen MR) is 204 cm³/mol. The first-order valence-corrected chi connectivity index (χ1v) is 16.8. The van der Waals surface area contributed by atoms with Crippen molar-refractivity contribution in [1.29, 1.82) is 0 Å². The van der Waals surface area contributed by atoms with Crippen molar-refractivity contribution in [3.8, 4) is 33.6 Å². The molecule has 0 bridgehead atoms. The number of rotatable bonds is 3. The van der Waals surface area contributed by atoms with Crippen LogP contribution >= 0.6 is 0 Å². The largest absolute Gasteiger partial charge is 0.318 e. The summed E-state index contributed by atoms with van der Waals surface area (Å²) in [6.45, 7) is 13.0. The van der Waals surface area contributed by atoms with Crippen LogP contribution in [0.3, 0.4) is 0 Å². The molecule has 1 aliphatic rings. The maximum absolute atomic E-state index is 8.34. The normalized spacial score (nSPS) is 13.2. The van der Waals surface area contributed by atoms with E-state index in [2.05, 4.69) is 167 Å². The fraction of sp³-hybridized carbons (Fsp3) is 0.0652. The third kappa shape index (κ3) is 3.66. The van der Waals surface area contributed by atoms with Gasteiger partial charge in [-0.2, -0.15) is 0 Å². The lowest BCUT2D eigenvalue weighted by molar-refractivity contribution is 0.661. The number of aromatic nitrogens is 2. The number of nitrogens with zero attached hydrogens (tertiary/aromatic N) is 3. The second-order valence-electron chi connectivity index (χ2n) is 13.6. The molecule has 0 unspecified atom stereocenters. The summed E-state index contributed by atoms with van der Waals surface area (Å²) in [4.78, 5) is 4.12. The Kier molecular flexibility index (Phi) is 5.69. The minimum absolute atomic E-state index is 0.0847. The second kappa shape index (κ2) is 10.1. The highest BCUT2D eigenvalue weighted by atomic mass is 15.0. The predicted octanol–water partition coefficient (Wildman–Crippen LogP) is 12.4. The van der Waals surface area contributed by atoms with E-state index in [4.69, 9.17) is 6.57 Å². The Morgan fingerprint density at radius 1 is 0.469 bits per heavy atom. The topological polar surface area (TPSA) is 14.2 Å². The van der Waals surface area contributed by atoms with Crippen LogP contribution in [0.25, 0.3) is 82.1 Å². The number of hydrogen-bond donors (Lipinski definition) is 0. The number of hydrogen-bond acceptors (Lipinski definition) is 0. The van der Waals surface area contributed by atoms with Gasteiger partial charge in [0, 0.05) is 32.5 Å². The van der Waals surface area contributed by atoms with Crippen LogP contribution < -0.4 is 0 Å². The van der Waals surface area contributed by atoms with Gasteiger partial charge in [-0.15, -0.1) is 0 Å². The van der Waals surface area contributed by atoms with E-state index in [1.54, 1.807) is 0 Å². The molecule has 0 aliphatic heterocycles. The Labute approximate surface area is 284 Å². The molecule has 0 N–H and O–H groups in total. The zero-order valence-electron chi connectivity index (χ0n) is 27.3. The molecule has 9 aromatic rings. The van der Waals surface area contributed by atoms with E-state index in [9.17, 15) is 0 Å². The van der Waals surface area contributed by atoms with Crippen molar-refractivity contribution in [2.45, 2.75) is 19.3 Å². The van der Waals surface area contributed by atoms with Gasteiger partial charge >= 0.3 is 0 Å². The summed E-state index contributed by atoms with van der Waals surface area (Å²) in [6.07, 6.45) is 0. The smallest absolute Gasteiger partial charge is 0.211 e. The number of benzene rings is 7. The Balaban J connectivity index is 1.32. The van der Waals surface area contributed by atoms with Gasteiger partial charge in [-0.25, -0.2) is 4.85 Å². The third-order valence-corrected chi connectivity index (χ3v) is 10.8. The van der Waals surface area contributed by atoms with Crippen molar-refractivity contribution in [2.75, 3.05) is 0 Å². The van der Waals surface area contributed by atoms with Crippen molar-refractivity contribution in [1.82, 2.24) is 9.13 Å². The first-order chi connectivity index (χ1) is 24.1. The molecule has 0 spiro atoms. The van der Waals surface area contributed by atoms with Gasteiger partial charge in [-0.1, -0.05) is 135 Å². The van der Waals surface area contributed by atoms with Gasteiger partial charge in [0.2, 0.25) is 5.69 Å². The molecule has 7 aromatic carbocycles. The quantitative estimate of drug-likeness (QED) is 0.174. The van der Waals surface area contributed by atoms with Gasteiger partial charge in [0.15, 0.2) is 0 Å². The standard InChI is InChI=1S/C46H31N3/c1-46(2)35-21-9-4-18-33(35)43-36(46)27-28-42-44(43)34-19-8-13-26-41(34)48(42)38-23-10-7-17-31(38)32-20-14-22-37(47-3)45(32)49-39-24-11-5-15-29(39)30-16-6-12-25-40(30)49/h4-28H,1-2H3. The highest BCUT2D eigenvalue weighted by molar-refractivity contribution is 6.18. The van der Waals surface area contributed by atoms with Crippen LogP contribution in [-0.2, 0) is 5.41 Å². The number of para-hydroxylation sites is 5. The number of fused-ring (bicyclic) bond motifs is 10. The first kappa shape index (κ1) is 27.7. The maximum atomic E-state index is 8.34. The van der Waals surface area contributed by atoms with Crippen molar-refractivity contribution < 1.29 is 0 Å². The lowest BCUT2D eigenvalue weighted by atomic mass is 9.82. The molecule has 2 heterocycles. The molecule has 49 heavy (non-hydrogen) atoms. The molecule has 0 radical (unpaired) electrons. The van der Waals surface area contributed by atoms with Gasteiger partial charge in [-0.05, 0) is 58.1 Å². The molecule has 0 fully saturated rings. The Morgan fingerprint density at radius 2 is 1.04 bits per heavy atom. The van der Waals surface area contributed by atoms with Crippen molar-refractivity contribution in [3.63, 3.8) is 0 Å². The summed E-state index contributed by atoms with van der Waals surface area (Å²) in [7, 11) is 0.